The van der Waals surface area contributed by atoms with Crippen molar-refractivity contribution in [3.63, 3.8) is 0 Å². The van der Waals surface area contributed by atoms with E-state index in [4.69, 9.17) is 0 Å². The molecule has 0 amide bonds. The largest absolute Gasteiger partial charge is 0.356 e. The zero-order valence-corrected chi connectivity index (χ0v) is 13.5. The molecule has 0 unspecified atom stereocenters. The van der Waals surface area contributed by atoms with E-state index < -0.39 is 0 Å². The molecule has 1 aromatic rings. The molecule has 3 nitrogen and oxygen atoms in total. The maximum atomic E-state index is 4.26. The molecule has 1 aromatic carbocycles. The summed E-state index contributed by atoms with van der Waals surface area (Å²) in [5.41, 5.74) is 1.57. The minimum atomic E-state index is 0.191. The molecular formula is C17H29N3. The Labute approximate surface area is 123 Å². The minimum absolute atomic E-state index is 0.191. The van der Waals surface area contributed by atoms with Gasteiger partial charge in [0.25, 0.3) is 0 Å². The molecule has 0 spiro atoms. The lowest BCUT2D eigenvalue weighted by Crippen LogP contribution is -2.43. The summed E-state index contributed by atoms with van der Waals surface area (Å²) in [6.45, 7) is 10.8. The number of hydrogen-bond donors (Lipinski definition) is 2. The highest BCUT2D eigenvalue weighted by molar-refractivity contribution is 5.79. The van der Waals surface area contributed by atoms with Crippen molar-refractivity contribution in [3.05, 3.63) is 35.9 Å². The lowest BCUT2D eigenvalue weighted by atomic mass is 9.86. The van der Waals surface area contributed by atoms with Crippen LogP contribution in [0.25, 0.3) is 0 Å². The molecule has 0 radical (unpaired) electrons. The Kier molecular flexibility index (Phi) is 6.56. The zero-order chi connectivity index (χ0) is 15.0. The first-order valence-corrected chi connectivity index (χ1v) is 7.41. The van der Waals surface area contributed by atoms with E-state index in [0.717, 1.165) is 25.5 Å². The molecule has 0 bridgehead atoms. The molecule has 3 heteroatoms. The van der Waals surface area contributed by atoms with Gasteiger partial charge in [-0.1, -0.05) is 58.0 Å². The first-order chi connectivity index (χ1) is 9.43. The topological polar surface area (TPSA) is 36.4 Å². The molecule has 0 saturated carbocycles. The number of benzene rings is 1. The summed E-state index contributed by atoms with van der Waals surface area (Å²) in [5.74, 6) is 1.51. The van der Waals surface area contributed by atoms with Gasteiger partial charge in [-0.15, -0.1) is 0 Å². The van der Waals surface area contributed by atoms with Crippen molar-refractivity contribution in [2.75, 3.05) is 20.1 Å². The van der Waals surface area contributed by atoms with Gasteiger partial charge in [0.2, 0.25) is 0 Å². The molecular weight excluding hydrogens is 246 g/mol. The van der Waals surface area contributed by atoms with Crippen LogP contribution in [0, 0.1) is 11.3 Å². The van der Waals surface area contributed by atoms with E-state index in [1.165, 1.54) is 5.56 Å². The molecule has 1 rings (SSSR count). The van der Waals surface area contributed by atoms with Gasteiger partial charge < -0.3 is 10.6 Å². The first-order valence-electron chi connectivity index (χ1n) is 7.41. The molecule has 0 aliphatic heterocycles. The quantitative estimate of drug-likeness (QED) is 0.618. The highest BCUT2D eigenvalue weighted by Gasteiger charge is 2.18. The van der Waals surface area contributed by atoms with Gasteiger partial charge in [0.1, 0.15) is 0 Å². The Morgan fingerprint density at radius 2 is 1.80 bits per heavy atom. The number of aliphatic imine (C=N–C) groups is 1. The highest BCUT2D eigenvalue weighted by atomic mass is 15.2. The average Bonchev–Trinajstić information content (AvgIpc) is 2.39. The van der Waals surface area contributed by atoms with Crippen molar-refractivity contribution in [2.45, 2.75) is 34.1 Å². The smallest absolute Gasteiger partial charge is 0.191 e. The van der Waals surface area contributed by atoms with Gasteiger partial charge in [0, 0.05) is 20.1 Å². The molecule has 0 fully saturated rings. The second-order valence-corrected chi connectivity index (χ2v) is 6.53. The predicted molar refractivity (Wildman–Crippen MR) is 88.1 cm³/mol. The molecule has 112 valence electrons. The van der Waals surface area contributed by atoms with Crippen molar-refractivity contribution in [1.29, 1.82) is 0 Å². The summed E-state index contributed by atoms with van der Waals surface area (Å²) in [6.07, 6.45) is 1.06. The summed E-state index contributed by atoms with van der Waals surface area (Å²) < 4.78 is 0. The van der Waals surface area contributed by atoms with Crippen molar-refractivity contribution in [3.8, 4) is 0 Å². The molecule has 0 heterocycles. The van der Waals surface area contributed by atoms with Crippen molar-refractivity contribution < 1.29 is 0 Å². The van der Waals surface area contributed by atoms with E-state index in [9.17, 15) is 0 Å². The van der Waals surface area contributed by atoms with Crippen LogP contribution in [-0.2, 0) is 6.42 Å². The van der Waals surface area contributed by atoms with Crippen LogP contribution in [0.4, 0.5) is 0 Å². The van der Waals surface area contributed by atoms with Crippen molar-refractivity contribution >= 4 is 5.96 Å². The zero-order valence-electron chi connectivity index (χ0n) is 13.5. The highest BCUT2D eigenvalue weighted by Crippen LogP contribution is 2.20. The van der Waals surface area contributed by atoms with Crippen LogP contribution in [-0.4, -0.2) is 26.1 Å². The summed E-state index contributed by atoms with van der Waals surface area (Å²) >= 11 is 0. The van der Waals surface area contributed by atoms with Gasteiger partial charge in [-0.3, -0.25) is 4.99 Å². The van der Waals surface area contributed by atoms with E-state index in [1.54, 1.807) is 0 Å². The minimum Gasteiger partial charge on any atom is -0.356 e. The summed E-state index contributed by atoms with van der Waals surface area (Å²) in [4.78, 5) is 4.26. The third-order valence-electron chi connectivity index (χ3n) is 3.16. The Morgan fingerprint density at radius 1 is 1.15 bits per heavy atom. The third-order valence-corrected chi connectivity index (χ3v) is 3.16. The molecule has 20 heavy (non-hydrogen) atoms. The van der Waals surface area contributed by atoms with Crippen LogP contribution in [0.3, 0.4) is 0 Å². The summed E-state index contributed by atoms with van der Waals surface area (Å²) in [7, 11) is 1.82. The number of rotatable bonds is 6. The number of hydrogen-bond acceptors (Lipinski definition) is 1. The maximum absolute atomic E-state index is 4.26. The Morgan fingerprint density at radius 3 is 2.35 bits per heavy atom. The standard InChI is InChI=1S/C17H29N3/c1-14(2)12-19-16(18-5)20-13-17(3,4)11-15-9-7-6-8-10-15/h6-10,14H,11-13H2,1-5H3,(H2,18,19,20). The molecule has 0 aliphatic carbocycles. The monoisotopic (exact) mass is 275 g/mol. The summed E-state index contributed by atoms with van der Waals surface area (Å²) in [5, 5.41) is 6.77. The second-order valence-electron chi connectivity index (χ2n) is 6.53. The summed E-state index contributed by atoms with van der Waals surface area (Å²) in [6, 6.07) is 10.6. The normalized spacial score (nSPS) is 12.6. The van der Waals surface area contributed by atoms with Gasteiger partial charge in [-0.05, 0) is 23.3 Å². The van der Waals surface area contributed by atoms with Crippen LogP contribution in [0.5, 0.6) is 0 Å². The Balaban J connectivity index is 2.45. The van der Waals surface area contributed by atoms with Gasteiger partial charge in [-0.25, -0.2) is 0 Å². The number of nitrogens with zero attached hydrogens (tertiary/aromatic N) is 1. The van der Waals surface area contributed by atoms with E-state index in [1.807, 2.05) is 7.05 Å². The van der Waals surface area contributed by atoms with Gasteiger partial charge >= 0.3 is 0 Å². The van der Waals surface area contributed by atoms with Gasteiger partial charge in [0.05, 0.1) is 0 Å². The van der Waals surface area contributed by atoms with E-state index >= 15 is 0 Å². The molecule has 0 aliphatic rings. The molecule has 0 aromatic heterocycles. The average molecular weight is 275 g/mol. The lowest BCUT2D eigenvalue weighted by molar-refractivity contribution is 0.359. The number of nitrogens with one attached hydrogen (secondary N) is 2. The molecule has 2 N–H and O–H groups in total. The fraction of sp³-hybridized carbons (Fsp3) is 0.588. The SMILES string of the molecule is CN=C(NCC(C)C)NCC(C)(C)Cc1ccccc1. The Hall–Kier alpha value is -1.51. The van der Waals surface area contributed by atoms with Crippen LogP contribution >= 0.6 is 0 Å². The molecule has 0 saturated heterocycles. The number of guanidine groups is 1. The van der Waals surface area contributed by atoms with E-state index in [-0.39, 0.29) is 5.41 Å². The lowest BCUT2D eigenvalue weighted by Gasteiger charge is -2.26. The second kappa shape index (κ2) is 7.93. The maximum Gasteiger partial charge on any atom is 0.191 e. The first kappa shape index (κ1) is 16.5. The van der Waals surface area contributed by atoms with Crippen LogP contribution in [0.2, 0.25) is 0 Å². The fourth-order valence-corrected chi connectivity index (χ4v) is 2.06. The van der Waals surface area contributed by atoms with Gasteiger partial charge in [-0.2, -0.15) is 0 Å². The molecule has 0 atom stereocenters. The fourth-order valence-electron chi connectivity index (χ4n) is 2.06. The van der Waals surface area contributed by atoms with Crippen molar-refractivity contribution in [1.82, 2.24) is 10.6 Å². The van der Waals surface area contributed by atoms with Crippen molar-refractivity contribution in [2.24, 2.45) is 16.3 Å². The van der Waals surface area contributed by atoms with E-state index in [2.05, 4.69) is 73.7 Å². The van der Waals surface area contributed by atoms with Crippen LogP contribution < -0.4 is 10.6 Å². The predicted octanol–water partition coefficient (Wildman–Crippen LogP) is 3.08. The van der Waals surface area contributed by atoms with Gasteiger partial charge in [0.15, 0.2) is 5.96 Å². The van der Waals surface area contributed by atoms with Crippen LogP contribution in [0.15, 0.2) is 35.3 Å². The third kappa shape index (κ3) is 6.60. The van der Waals surface area contributed by atoms with Crippen LogP contribution in [0.1, 0.15) is 33.3 Å². The van der Waals surface area contributed by atoms with E-state index in [0.29, 0.717) is 5.92 Å². The Bertz CT molecular complexity index is 408.